The summed E-state index contributed by atoms with van der Waals surface area (Å²) >= 11 is 0. The van der Waals surface area contributed by atoms with E-state index in [1.807, 2.05) is 0 Å². The van der Waals surface area contributed by atoms with Gasteiger partial charge in [-0.05, 0) is 6.42 Å². The van der Waals surface area contributed by atoms with Gasteiger partial charge in [0.25, 0.3) is 0 Å². The fourth-order valence-corrected chi connectivity index (χ4v) is 1.09. The number of amides is 1. The Morgan fingerprint density at radius 1 is 1.62 bits per heavy atom. The Labute approximate surface area is 75.1 Å². The van der Waals surface area contributed by atoms with Gasteiger partial charge in [0, 0.05) is 12.1 Å². The quantitative estimate of drug-likeness (QED) is 0.594. The number of nitrogens with zero attached hydrogens (tertiary/aromatic N) is 3. The molecule has 1 heterocycles. The highest BCUT2D eigenvalue weighted by Gasteiger charge is 2.34. The topological polar surface area (TPSA) is 85.8 Å². The van der Waals surface area contributed by atoms with Crippen molar-refractivity contribution in [3.05, 3.63) is 12.4 Å². The first-order valence-corrected chi connectivity index (χ1v) is 4.15. The summed E-state index contributed by atoms with van der Waals surface area (Å²) in [5, 5.41) is 10.4. The van der Waals surface area contributed by atoms with E-state index in [1.165, 1.54) is 17.2 Å². The van der Waals surface area contributed by atoms with Gasteiger partial charge in [0.2, 0.25) is 5.91 Å². The molecule has 0 bridgehead atoms. The molecule has 70 valence electrons. The molecular formula is C7H11N5O. The van der Waals surface area contributed by atoms with E-state index in [9.17, 15) is 4.79 Å². The summed E-state index contributed by atoms with van der Waals surface area (Å²) < 4.78 is 0. The smallest absolute Gasteiger partial charge is 0.243 e. The maximum absolute atomic E-state index is 11.2. The van der Waals surface area contributed by atoms with Crippen LogP contribution in [0, 0.1) is 0 Å². The molecule has 3 N–H and O–H groups in total. The third-order valence-corrected chi connectivity index (χ3v) is 1.94. The predicted octanol–water partition coefficient (Wildman–Crippen LogP) is -1.51. The van der Waals surface area contributed by atoms with Crippen molar-refractivity contribution < 1.29 is 4.79 Å². The molecule has 1 aromatic heterocycles. The van der Waals surface area contributed by atoms with E-state index < -0.39 is 0 Å². The van der Waals surface area contributed by atoms with Gasteiger partial charge < -0.3 is 11.1 Å². The molecule has 1 saturated carbocycles. The van der Waals surface area contributed by atoms with Crippen molar-refractivity contribution in [2.24, 2.45) is 5.73 Å². The van der Waals surface area contributed by atoms with Crippen LogP contribution in [0.3, 0.4) is 0 Å². The van der Waals surface area contributed by atoms with E-state index >= 15 is 0 Å². The van der Waals surface area contributed by atoms with Gasteiger partial charge in [-0.2, -0.15) is 15.0 Å². The van der Waals surface area contributed by atoms with Gasteiger partial charge in [0.1, 0.15) is 6.54 Å². The maximum atomic E-state index is 11.2. The normalized spacial score (nSPS) is 25.6. The fraction of sp³-hybridized carbons (Fsp3) is 0.571. The van der Waals surface area contributed by atoms with E-state index in [0.29, 0.717) is 0 Å². The number of aromatic nitrogens is 3. The molecule has 1 aliphatic carbocycles. The molecule has 0 radical (unpaired) electrons. The summed E-state index contributed by atoms with van der Waals surface area (Å²) in [7, 11) is 0. The molecule has 0 aromatic carbocycles. The minimum atomic E-state index is -0.0887. The van der Waals surface area contributed by atoms with Gasteiger partial charge in [0.15, 0.2) is 0 Å². The second kappa shape index (κ2) is 3.14. The van der Waals surface area contributed by atoms with Crippen LogP contribution in [0.25, 0.3) is 0 Å². The number of rotatable bonds is 3. The van der Waals surface area contributed by atoms with Gasteiger partial charge in [-0.25, -0.2) is 0 Å². The Morgan fingerprint density at radius 2 is 2.23 bits per heavy atom. The maximum Gasteiger partial charge on any atom is 0.243 e. The molecule has 2 unspecified atom stereocenters. The number of hydrogen-bond donors (Lipinski definition) is 2. The van der Waals surface area contributed by atoms with E-state index in [4.69, 9.17) is 5.73 Å². The molecule has 13 heavy (non-hydrogen) atoms. The molecule has 0 saturated heterocycles. The fourth-order valence-electron chi connectivity index (χ4n) is 1.09. The van der Waals surface area contributed by atoms with Crippen LogP contribution in [0.4, 0.5) is 0 Å². The summed E-state index contributed by atoms with van der Waals surface area (Å²) in [5.41, 5.74) is 5.54. The molecule has 1 amide bonds. The van der Waals surface area contributed by atoms with Crippen LogP contribution < -0.4 is 11.1 Å². The zero-order chi connectivity index (χ0) is 9.26. The van der Waals surface area contributed by atoms with E-state index in [2.05, 4.69) is 15.5 Å². The van der Waals surface area contributed by atoms with Gasteiger partial charge in [-0.15, -0.1) is 0 Å². The van der Waals surface area contributed by atoms with E-state index in [1.54, 1.807) is 0 Å². The summed E-state index contributed by atoms with van der Waals surface area (Å²) in [6.07, 6.45) is 3.95. The highest BCUT2D eigenvalue weighted by molar-refractivity contribution is 5.76. The first kappa shape index (κ1) is 8.18. The van der Waals surface area contributed by atoms with Gasteiger partial charge in [-0.3, -0.25) is 4.79 Å². The third kappa shape index (κ3) is 2.03. The van der Waals surface area contributed by atoms with Gasteiger partial charge >= 0.3 is 0 Å². The van der Waals surface area contributed by atoms with Crippen LogP contribution >= 0.6 is 0 Å². The van der Waals surface area contributed by atoms with E-state index in [0.717, 1.165) is 6.42 Å². The SMILES string of the molecule is NC1CC1NC(=O)Cn1nccn1. The van der Waals surface area contributed by atoms with Crippen LogP contribution in [0.1, 0.15) is 6.42 Å². The third-order valence-electron chi connectivity index (χ3n) is 1.94. The Hall–Kier alpha value is -1.43. The Balaban J connectivity index is 1.79. The van der Waals surface area contributed by atoms with Crippen molar-refractivity contribution in [1.82, 2.24) is 20.3 Å². The standard InChI is InChI=1S/C7H11N5O/c8-5-3-6(5)11-7(13)4-12-9-1-2-10-12/h1-2,5-6H,3-4,8H2,(H,11,13). The average Bonchev–Trinajstić information content (AvgIpc) is 2.61. The number of nitrogens with two attached hydrogens (primary N) is 1. The van der Waals surface area contributed by atoms with Gasteiger partial charge in [0.05, 0.1) is 12.4 Å². The molecule has 6 heteroatoms. The Morgan fingerprint density at radius 3 is 2.77 bits per heavy atom. The number of nitrogens with one attached hydrogen (secondary N) is 1. The minimum Gasteiger partial charge on any atom is -0.350 e. The lowest BCUT2D eigenvalue weighted by molar-refractivity contribution is -0.122. The summed E-state index contributed by atoms with van der Waals surface area (Å²) in [4.78, 5) is 12.6. The molecular weight excluding hydrogens is 170 g/mol. The van der Waals surface area contributed by atoms with Crippen molar-refractivity contribution >= 4 is 5.91 Å². The molecule has 6 nitrogen and oxygen atoms in total. The zero-order valence-electron chi connectivity index (χ0n) is 7.05. The summed E-state index contributed by atoms with van der Waals surface area (Å²) in [5.74, 6) is -0.0887. The largest absolute Gasteiger partial charge is 0.350 e. The average molecular weight is 181 g/mol. The minimum absolute atomic E-state index is 0.0887. The lowest BCUT2D eigenvalue weighted by Crippen LogP contribution is -2.33. The molecule has 0 aliphatic heterocycles. The van der Waals surface area contributed by atoms with E-state index in [-0.39, 0.29) is 24.5 Å². The highest BCUT2D eigenvalue weighted by Crippen LogP contribution is 2.17. The Kier molecular flexibility index (Phi) is 1.97. The molecule has 1 aliphatic rings. The van der Waals surface area contributed by atoms with Crippen molar-refractivity contribution in [1.29, 1.82) is 0 Å². The molecule has 1 aromatic rings. The number of carbonyl (C=O) groups is 1. The van der Waals surface area contributed by atoms with Crippen LogP contribution in [0.2, 0.25) is 0 Å². The van der Waals surface area contributed by atoms with Crippen LogP contribution in [-0.4, -0.2) is 33.0 Å². The van der Waals surface area contributed by atoms with Crippen molar-refractivity contribution in [2.75, 3.05) is 0 Å². The second-order valence-corrected chi connectivity index (χ2v) is 3.13. The molecule has 1 fully saturated rings. The van der Waals surface area contributed by atoms with Crippen LogP contribution in [0.5, 0.6) is 0 Å². The number of carbonyl (C=O) groups excluding carboxylic acids is 1. The monoisotopic (exact) mass is 181 g/mol. The van der Waals surface area contributed by atoms with Gasteiger partial charge in [-0.1, -0.05) is 0 Å². The summed E-state index contributed by atoms with van der Waals surface area (Å²) in [6, 6.07) is 0.289. The lowest BCUT2D eigenvalue weighted by atomic mass is 10.5. The van der Waals surface area contributed by atoms with Crippen molar-refractivity contribution in [3.8, 4) is 0 Å². The summed E-state index contributed by atoms with van der Waals surface area (Å²) in [6.45, 7) is 0.163. The zero-order valence-corrected chi connectivity index (χ0v) is 7.05. The second-order valence-electron chi connectivity index (χ2n) is 3.13. The first-order chi connectivity index (χ1) is 6.25. The lowest BCUT2D eigenvalue weighted by Gasteiger charge is -2.01. The van der Waals surface area contributed by atoms with Crippen LogP contribution in [0.15, 0.2) is 12.4 Å². The number of hydrogen-bond acceptors (Lipinski definition) is 4. The molecule has 0 spiro atoms. The Bertz CT molecular complexity index is 296. The van der Waals surface area contributed by atoms with Crippen molar-refractivity contribution in [2.45, 2.75) is 25.0 Å². The molecule has 2 rings (SSSR count). The highest BCUT2D eigenvalue weighted by atomic mass is 16.2. The van der Waals surface area contributed by atoms with Crippen molar-refractivity contribution in [3.63, 3.8) is 0 Å². The first-order valence-electron chi connectivity index (χ1n) is 4.15. The predicted molar refractivity (Wildman–Crippen MR) is 44.5 cm³/mol. The molecule has 2 atom stereocenters. The van der Waals surface area contributed by atoms with Crippen LogP contribution in [-0.2, 0) is 11.3 Å².